The molecule has 0 aromatic heterocycles. The second kappa shape index (κ2) is 8.77. The fourth-order valence-electron chi connectivity index (χ4n) is 3.42. The maximum atomic E-state index is 12.9. The molecule has 2 amide bonds. The quantitative estimate of drug-likeness (QED) is 0.782. The van der Waals surface area contributed by atoms with Crippen molar-refractivity contribution in [2.24, 2.45) is 5.41 Å². The van der Waals surface area contributed by atoms with Gasteiger partial charge in [-0.15, -0.1) is 0 Å². The Bertz CT molecular complexity index is 882. The highest BCUT2D eigenvalue weighted by Crippen LogP contribution is 2.32. The highest BCUT2D eigenvalue weighted by molar-refractivity contribution is 5.97. The normalized spacial score (nSPS) is 18.7. The summed E-state index contributed by atoms with van der Waals surface area (Å²) in [7, 11) is 0. The number of amides is 2. The molecule has 3 rings (SSSR count). The lowest BCUT2D eigenvalue weighted by atomic mass is 9.80. The number of hydrogen-bond acceptors (Lipinski definition) is 4. The average molecular weight is 396 g/mol. The molecular formula is C22H24N2O5. The number of aliphatic carboxylic acids is 1. The van der Waals surface area contributed by atoms with Gasteiger partial charge in [0.1, 0.15) is 5.75 Å². The van der Waals surface area contributed by atoms with Gasteiger partial charge in [0.15, 0.2) is 6.61 Å². The van der Waals surface area contributed by atoms with E-state index >= 15 is 0 Å². The molecule has 1 aliphatic heterocycles. The Morgan fingerprint density at radius 3 is 2.45 bits per heavy atom. The van der Waals surface area contributed by atoms with Crippen LogP contribution in [0, 0.1) is 5.41 Å². The number of carbonyl (C=O) groups excluding carboxylic acids is 2. The van der Waals surface area contributed by atoms with Crippen LogP contribution in [0.15, 0.2) is 54.6 Å². The first-order valence-corrected chi connectivity index (χ1v) is 9.48. The summed E-state index contributed by atoms with van der Waals surface area (Å²) in [6.45, 7) is 2.44. The number of carboxylic acid groups (broad SMARTS) is 1. The molecule has 0 spiro atoms. The minimum Gasteiger partial charge on any atom is -0.482 e. The van der Waals surface area contributed by atoms with Crippen LogP contribution in [0.4, 0.5) is 5.69 Å². The SMILES string of the molecule is CC1(C(=O)Nc2ccc(OCC(=O)O)cc2)CCCN(C(=O)c2ccccc2)C1. The summed E-state index contributed by atoms with van der Waals surface area (Å²) in [5, 5.41) is 11.5. The van der Waals surface area contributed by atoms with Crippen molar-refractivity contribution < 1.29 is 24.2 Å². The summed E-state index contributed by atoms with van der Waals surface area (Å²) in [6.07, 6.45) is 1.45. The fraction of sp³-hybridized carbons (Fsp3) is 0.318. The van der Waals surface area contributed by atoms with E-state index in [2.05, 4.69) is 5.32 Å². The van der Waals surface area contributed by atoms with Gasteiger partial charge in [-0.2, -0.15) is 0 Å². The predicted molar refractivity (Wildman–Crippen MR) is 108 cm³/mol. The second-order valence-corrected chi connectivity index (χ2v) is 7.42. The van der Waals surface area contributed by atoms with Gasteiger partial charge in [-0.3, -0.25) is 9.59 Å². The van der Waals surface area contributed by atoms with Crippen molar-refractivity contribution in [1.29, 1.82) is 0 Å². The summed E-state index contributed by atoms with van der Waals surface area (Å²) in [5.41, 5.74) is 0.515. The van der Waals surface area contributed by atoms with Gasteiger partial charge >= 0.3 is 5.97 Å². The topological polar surface area (TPSA) is 95.9 Å². The lowest BCUT2D eigenvalue weighted by Crippen LogP contribution is -2.50. The molecule has 1 aliphatic rings. The number of nitrogens with one attached hydrogen (secondary N) is 1. The average Bonchev–Trinajstić information content (AvgIpc) is 2.73. The number of nitrogens with zero attached hydrogens (tertiary/aromatic N) is 1. The minimum absolute atomic E-state index is 0.0655. The molecule has 2 N–H and O–H groups in total. The van der Waals surface area contributed by atoms with Crippen LogP contribution in [0.1, 0.15) is 30.1 Å². The number of anilines is 1. The largest absolute Gasteiger partial charge is 0.482 e. The zero-order valence-electron chi connectivity index (χ0n) is 16.3. The predicted octanol–water partition coefficient (Wildman–Crippen LogP) is 3.03. The van der Waals surface area contributed by atoms with E-state index in [1.807, 2.05) is 25.1 Å². The van der Waals surface area contributed by atoms with Crippen LogP contribution in [-0.2, 0) is 9.59 Å². The lowest BCUT2D eigenvalue weighted by molar-refractivity contribution is -0.139. The highest BCUT2D eigenvalue weighted by Gasteiger charge is 2.39. The van der Waals surface area contributed by atoms with Crippen molar-refractivity contribution in [2.75, 3.05) is 25.0 Å². The Morgan fingerprint density at radius 2 is 1.79 bits per heavy atom. The van der Waals surface area contributed by atoms with Gasteiger partial charge in [0.05, 0.1) is 5.41 Å². The fourth-order valence-corrected chi connectivity index (χ4v) is 3.42. The Balaban J connectivity index is 1.63. The zero-order chi connectivity index (χ0) is 20.9. The standard InChI is InChI=1S/C22H24N2O5/c1-22(12-5-13-24(15-22)20(27)16-6-3-2-4-7-16)21(28)23-17-8-10-18(11-9-17)29-14-19(25)26/h2-4,6-11H,5,12-15H2,1H3,(H,23,28)(H,25,26). The van der Waals surface area contributed by atoms with Crippen molar-refractivity contribution in [1.82, 2.24) is 4.90 Å². The summed E-state index contributed by atoms with van der Waals surface area (Å²) < 4.78 is 5.09. The molecule has 0 bridgehead atoms. The maximum absolute atomic E-state index is 12.9. The monoisotopic (exact) mass is 396 g/mol. The molecule has 7 heteroatoms. The number of rotatable bonds is 6. The van der Waals surface area contributed by atoms with Crippen LogP contribution < -0.4 is 10.1 Å². The van der Waals surface area contributed by atoms with Crippen molar-refractivity contribution in [3.63, 3.8) is 0 Å². The first-order chi connectivity index (χ1) is 13.9. The Labute approximate surface area is 169 Å². The van der Waals surface area contributed by atoms with Gasteiger partial charge in [0.25, 0.3) is 5.91 Å². The molecule has 2 aromatic carbocycles. The first-order valence-electron chi connectivity index (χ1n) is 9.48. The van der Waals surface area contributed by atoms with E-state index in [9.17, 15) is 14.4 Å². The van der Waals surface area contributed by atoms with E-state index in [0.29, 0.717) is 36.5 Å². The minimum atomic E-state index is -1.05. The van der Waals surface area contributed by atoms with Gasteiger partial charge in [-0.1, -0.05) is 18.2 Å². The van der Waals surface area contributed by atoms with Crippen molar-refractivity contribution in [2.45, 2.75) is 19.8 Å². The molecule has 2 aromatic rings. The van der Waals surface area contributed by atoms with E-state index in [1.54, 1.807) is 41.3 Å². The number of carboxylic acids is 1. The molecule has 1 unspecified atom stereocenters. The van der Waals surface area contributed by atoms with Crippen molar-refractivity contribution in [3.8, 4) is 5.75 Å². The highest BCUT2D eigenvalue weighted by atomic mass is 16.5. The lowest BCUT2D eigenvalue weighted by Gasteiger charge is -2.39. The number of benzene rings is 2. The number of likely N-dealkylation sites (tertiary alicyclic amines) is 1. The van der Waals surface area contributed by atoms with Crippen LogP contribution in [0.2, 0.25) is 0 Å². The molecule has 1 heterocycles. The number of ether oxygens (including phenoxy) is 1. The Morgan fingerprint density at radius 1 is 1.10 bits per heavy atom. The van der Waals surface area contributed by atoms with E-state index in [1.165, 1.54) is 0 Å². The molecular weight excluding hydrogens is 372 g/mol. The van der Waals surface area contributed by atoms with E-state index in [0.717, 1.165) is 6.42 Å². The maximum Gasteiger partial charge on any atom is 0.341 e. The zero-order valence-corrected chi connectivity index (χ0v) is 16.3. The molecule has 0 radical (unpaired) electrons. The van der Waals surface area contributed by atoms with Crippen LogP contribution in [0.3, 0.4) is 0 Å². The van der Waals surface area contributed by atoms with Crippen LogP contribution in [-0.4, -0.2) is 47.5 Å². The van der Waals surface area contributed by atoms with Gasteiger partial charge < -0.3 is 20.1 Å². The smallest absolute Gasteiger partial charge is 0.341 e. The van der Waals surface area contributed by atoms with E-state index < -0.39 is 18.0 Å². The van der Waals surface area contributed by atoms with Gasteiger partial charge in [0.2, 0.25) is 5.91 Å². The van der Waals surface area contributed by atoms with E-state index in [4.69, 9.17) is 9.84 Å². The summed E-state index contributed by atoms with van der Waals surface area (Å²) in [4.78, 5) is 38.0. The number of carbonyl (C=O) groups is 3. The summed E-state index contributed by atoms with van der Waals surface area (Å²) in [5.74, 6) is -0.859. The third-order valence-corrected chi connectivity index (χ3v) is 5.03. The molecule has 29 heavy (non-hydrogen) atoms. The number of piperidine rings is 1. The van der Waals surface area contributed by atoms with Gasteiger partial charge in [-0.25, -0.2) is 4.79 Å². The summed E-state index contributed by atoms with van der Waals surface area (Å²) in [6, 6.07) is 15.6. The molecule has 0 saturated carbocycles. The van der Waals surface area contributed by atoms with Crippen LogP contribution in [0.5, 0.6) is 5.75 Å². The van der Waals surface area contributed by atoms with Gasteiger partial charge in [-0.05, 0) is 56.2 Å². The Kier molecular flexibility index (Phi) is 6.16. The van der Waals surface area contributed by atoms with Crippen LogP contribution >= 0.6 is 0 Å². The molecule has 152 valence electrons. The summed E-state index contributed by atoms with van der Waals surface area (Å²) >= 11 is 0. The van der Waals surface area contributed by atoms with Crippen molar-refractivity contribution >= 4 is 23.5 Å². The van der Waals surface area contributed by atoms with E-state index in [-0.39, 0.29) is 11.8 Å². The Hall–Kier alpha value is -3.35. The third kappa shape index (κ3) is 5.13. The molecule has 1 saturated heterocycles. The third-order valence-electron chi connectivity index (χ3n) is 5.03. The van der Waals surface area contributed by atoms with Crippen molar-refractivity contribution in [3.05, 3.63) is 60.2 Å². The molecule has 7 nitrogen and oxygen atoms in total. The molecule has 1 fully saturated rings. The first kappa shape index (κ1) is 20.4. The van der Waals surface area contributed by atoms with Gasteiger partial charge in [0, 0.05) is 24.3 Å². The van der Waals surface area contributed by atoms with Crippen LogP contribution in [0.25, 0.3) is 0 Å². The second-order valence-electron chi connectivity index (χ2n) is 7.42. The molecule has 0 aliphatic carbocycles. The molecule has 1 atom stereocenters. The number of hydrogen-bond donors (Lipinski definition) is 2.